The third-order valence-electron chi connectivity index (χ3n) is 2.74. The van der Waals surface area contributed by atoms with Gasteiger partial charge in [0.15, 0.2) is 0 Å². The summed E-state index contributed by atoms with van der Waals surface area (Å²) in [4.78, 5) is 0. The van der Waals surface area contributed by atoms with Crippen LogP contribution in [0.3, 0.4) is 0 Å². The first kappa shape index (κ1) is 16.7. The number of benzene rings is 1. The van der Waals surface area contributed by atoms with E-state index >= 15 is 0 Å². The van der Waals surface area contributed by atoms with Crippen molar-refractivity contribution in [2.45, 2.75) is 26.8 Å². The van der Waals surface area contributed by atoms with Crippen LogP contribution in [-0.2, 0) is 11.3 Å². The van der Waals surface area contributed by atoms with E-state index in [0.717, 1.165) is 25.3 Å². The third-order valence-corrected chi connectivity index (χ3v) is 2.74. The Morgan fingerprint density at radius 3 is 2.85 bits per heavy atom. The van der Waals surface area contributed by atoms with Crippen molar-refractivity contribution < 1.29 is 9.47 Å². The molecule has 112 valence electrons. The van der Waals surface area contributed by atoms with Crippen LogP contribution in [0.4, 0.5) is 0 Å². The van der Waals surface area contributed by atoms with Gasteiger partial charge in [0.25, 0.3) is 0 Å². The molecule has 0 amide bonds. The van der Waals surface area contributed by atoms with E-state index in [1.54, 1.807) is 0 Å². The van der Waals surface area contributed by atoms with Crippen LogP contribution in [0.2, 0.25) is 0 Å². The van der Waals surface area contributed by atoms with E-state index in [1.165, 1.54) is 5.56 Å². The van der Waals surface area contributed by atoms with Crippen LogP contribution in [0.1, 0.15) is 25.8 Å². The van der Waals surface area contributed by atoms with Gasteiger partial charge in [-0.2, -0.15) is 0 Å². The average molecular weight is 277 g/mol. The Hall–Kier alpha value is -1.32. The molecule has 1 rings (SSSR count). The first-order valence-electron chi connectivity index (χ1n) is 7.33. The molecule has 0 saturated carbocycles. The summed E-state index contributed by atoms with van der Waals surface area (Å²) in [5.41, 5.74) is 1.25. The van der Waals surface area contributed by atoms with Gasteiger partial charge in [-0.3, -0.25) is 0 Å². The Balaban J connectivity index is 2.23. The van der Waals surface area contributed by atoms with Crippen molar-refractivity contribution in [2.24, 2.45) is 5.92 Å². The largest absolute Gasteiger partial charge is 0.491 e. The second kappa shape index (κ2) is 10.5. The molecule has 0 atom stereocenters. The minimum absolute atomic E-state index is 0.583. The van der Waals surface area contributed by atoms with E-state index in [0.29, 0.717) is 25.7 Å². The maximum atomic E-state index is 5.68. The molecule has 1 aromatic rings. The van der Waals surface area contributed by atoms with Gasteiger partial charge < -0.3 is 14.8 Å². The van der Waals surface area contributed by atoms with Gasteiger partial charge in [0, 0.05) is 6.54 Å². The monoisotopic (exact) mass is 277 g/mol. The molecule has 0 aliphatic heterocycles. The molecule has 1 N–H and O–H groups in total. The summed E-state index contributed by atoms with van der Waals surface area (Å²) in [6.45, 7) is 11.9. The Labute approximate surface area is 123 Å². The molecular formula is C17H27NO2. The van der Waals surface area contributed by atoms with Crippen molar-refractivity contribution in [2.75, 3.05) is 26.4 Å². The highest BCUT2D eigenvalue weighted by Crippen LogP contribution is 2.13. The fourth-order valence-corrected chi connectivity index (χ4v) is 1.74. The van der Waals surface area contributed by atoms with Crippen LogP contribution < -0.4 is 10.1 Å². The van der Waals surface area contributed by atoms with Gasteiger partial charge in [0.05, 0.1) is 13.2 Å². The van der Waals surface area contributed by atoms with Gasteiger partial charge in [-0.15, -0.1) is 6.58 Å². The Bertz CT molecular complexity index is 377. The Kier molecular flexibility index (Phi) is 8.76. The summed E-state index contributed by atoms with van der Waals surface area (Å²) in [7, 11) is 0. The second-order valence-electron chi connectivity index (χ2n) is 5.21. The molecule has 3 heteroatoms. The molecule has 0 saturated heterocycles. The van der Waals surface area contributed by atoms with Gasteiger partial charge >= 0.3 is 0 Å². The zero-order chi connectivity index (χ0) is 14.6. The van der Waals surface area contributed by atoms with Crippen LogP contribution in [0.5, 0.6) is 5.75 Å². The Morgan fingerprint density at radius 1 is 1.25 bits per heavy atom. The van der Waals surface area contributed by atoms with Gasteiger partial charge in [0.1, 0.15) is 12.4 Å². The highest BCUT2D eigenvalue weighted by atomic mass is 16.5. The van der Waals surface area contributed by atoms with Crippen LogP contribution in [0.25, 0.3) is 0 Å². The minimum atomic E-state index is 0.583. The lowest BCUT2D eigenvalue weighted by Crippen LogP contribution is -2.18. The van der Waals surface area contributed by atoms with E-state index in [2.05, 4.69) is 37.9 Å². The zero-order valence-corrected chi connectivity index (χ0v) is 12.7. The van der Waals surface area contributed by atoms with Crippen LogP contribution in [0, 0.1) is 5.92 Å². The molecule has 20 heavy (non-hydrogen) atoms. The summed E-state index contributed by atoms with van der Waals surface area (Å²) >= 11 is 0. The van der Waals surface area contributed by atoms with Crippen LogP contribution in [0.15, 0.2) is 36.9 Å². The van der Waals surface area contributed by atoms with Crippen LogP contribution >= 0.6 is 0 Å². The topological polar surface area (TPSA) is 30.5 Å². The minimum Gasteiger partial charge on any atom is -0.491 e. The quantitative estimate of drug-likeness (QED) is 0.497. The number of nitrogens with one attached hydrogen (secondary N) is 1. The smallest absolute Gasteiger partial charge is 0.119 e. The number of hydrogen-bond donors (Lipinski definition) is 1. The molecule has 0 radical (unpaired) electrons. The molecule has 1 aromatic carbocycles. The molecular weight excluding hydrogens is 250 g/mol. The average Bonchev–Trinajstić information content (AvgIpc) is 2.43. The van der Waals surface area contributed by atoms with E-state index in [4.69, 9.17) is 9.47 Å². The molecule has 0 bridgehead atoms. The lowest BCUT2D eigenvalue weighted by Gasteiger charge is -2.10. The molecule has 0 spiro atoms. The van der Waals surface area contributed by atoms with Crippen LogP contribution in [-0.4, -0.2) is 26.4 Å². The van der Waals surface area contributed by atoms with Crippen molar-refractivity contribution in [3.8, 4) is 5.75 Å². The summed E-state index contributed by atoms with van der Waals surface area (Å²) in [6, 6.07) is 8.20. The normalized spacial score (nSPS) is 10.8. The first-order chi connectivity index (χ1) is 9.72. The number of rotatable bonds is 11. The van der Waals surface area contributed by atoms with E-state index in [-0.39, 0.29) is 0 Å². The molecule has 0 fully saturated rings. The van der Waals surface area contributed by atoms with Gasteiger partial charge in [-0.05, 0) is 36.6 Å². The molecule has 0 heterocycles. The molecule has 0 unspecified atom stereocenters. The number of hydrogen-bond acceptors (Lipinski definition) is 3. The molecule has 3 nitrogen and oxygen atoms in total. The van der Waals surface area contributed by atoms with E-state index in [9.17, 15) is 0 Å². The summed E-state index contributed by atoms with van der Waals surface area (Å²) < 4.78 is 11.1. The van der Waals surface area contributed by atoms with Gasteiger partial charge in [0.2, 0.25) is 0 Å². The number of ether oxygens (including phenoxy) is 2. The highest BCUT2D eigenvalue weighted by molar-refractivity contribution is 5.28. The lowest BCUT2D eigenvalue weighted by molar-refractivity contribution is 0.103. The third kappa shape index (κ3) is 7.97. The van der Waals surface area contributed by atoms with E-state index < -0.39 is 0 Å². The fourth-order valence-electron chi connectivity index (χ4n) is 1.74. The zero-order valence-electron chi connectivity index (χ0n) is 12.7. The highest BCUT2D eigenvalue weighted by Gasteiger charge is 1.98. The molecule has 0 aliphatic rings. The van der Waals surface area contributed by atoms with E-state index in [1.807, 2.05) is 18.2 Å². The molecule has 0 aromatic heterocycles. The molecule has 0 aliphatic carbocycles. The fraction of sp³-hybridized carbons (Fsp3) is 0.529. The summed E-state index contributed by atoms with van der Waals surface area (Å²) in [5, 5.41) is 3.43. The van der Waals surface area contributed by atoms with Crippen molar-refractivity contribution >= 4 is 0 Å². The Morgan fingerprint density at radius 2 is 2.10 bits per heavy atom. The van der Waals surface area contributed by atoms with Gasteiger partial charge in [-0.1, -0.05) is 32.1 Å². The predicted octanol–water partition coefficient (Wildman–Crippen LogP) is 3.40. The predicted molar refractivity (Wildman–Crippen MR) is 84.1 cm³/mol. The maximum absolute atomic E-state index is 5.68. The van der Waals surface area contributed by atoms with Crippen molar-refractivity contribution in [3.05, 3.63) is 42.5 Å². The standard InChI is InChI=1S/C17H27NO2/c1-4-5-9-19-10-11-20-17-8-6-7-16(12-17)14-18-13-15(2)3/h4,6-8,12,15,18H,1,5,9-11,13-14H2,2-3H3. The summed E-state index contributed by atoms with van der Waals surface area (Å²) in [6.07, 6.45) is 2.74. The van der Waals surface area contributed by atoms with Crippen molar-refractivity contribution in [3.63, 3.8) is 0 Å². The maximum Gasteiger partial charge on any atom is 0.119 e. The lowest BCUT2D eigenvalue weighted by atomic mass is 10.2. The van der Waals surface area contributed by atoms with Crippen molar-refractivity contribution in [1.82, 2.24) is 5.32 Å². The van der Waals surface area contributed by atoms with Gasteiger partial charge in [-0.25, -0.2) is 0 Å². The second-order valence-corrected chi connectivity index (χ2v) is 5.21. The first-order valence-corrected chi connectivity index (χ1v) is 7.33. The SMILES string of the molecule is C=CCCOCCOc1cccc(CNCC(C)C)c1. The summed E-state index contributed by atoms with van der Waals surface area (Å²) in [5.74, 6) is 1.57. The van der Waals surface area contributed by atoms with Crippen molar-refractivity contribution in [1.29, 1.82) is 0 Å².